The van der Waals surface area contributed by atoms with Crippen LogP contribution < -0.4 is 14.9 Å². The van der Waals surface area contributed by atoms with Crippen LogP contribution in [0.1, 0.15) is 46.4 Å². The molecule has 6 nitrogen and oxygen atoms in total. The molecule has 0 saturated carbocycles. The van der Waals surface area contributed by atoms with Crippen molar-refractivity contribution in [2.24, 2.45) is 0 Å². The molecule has 33 heavy (non-hydrogen) atoms. The summed E-state index contributed by atoms with van der Waals surface area (Å²) < 4.78 is 50.2. The minimum atomic E-state index is -4.59. The molecule has 3 aromatic rings. The lowest BCUT2D eigenvalue weighted by molar-refractivity contribution is -0.137. The van der Waals surface area contributed by atoms with E-state index >= 15 is 0 Å². The van der Waals surface area contributed by atoms with Gasteiger partial charge in [-0.15, -0.1) is 0 Å². The number of aromatic amines is 1. The predicted octanol–water partition coefficient (Wildman–Crippen LogP) is 4.71. The summed E-state index contributed by atoms with van der Waals surface area (Å²) in [6, 6.07) is 6.29. The SMILES string of the molecule is CCN(C(=O)c1c[nH]c2ccc(C(F)(F)F)cc2c1=O)C1CCc2cc(OC)c(OC)cc21. The Morgan fingerprint density at radius 3 is 2.48 bits per heavy atom. The molecule has 1 amide bonds. The maximum Gasteiger partial charge on any atom is 0.416 e. The average Bonchev–Trinajstić information content (AvgIpc) is 3.20. The Labute approximate surface area is 187 Å². The van der Waals surface area contributed by atoms with Crippen molar-refractivity contribution >= 4 is 16.8 Å². The average molecular weight is 460 g/mol. The number of carbonyl (C=O) groups excluding carboxylic acids is 1. The van der Waals surface area contributed by atoms with Gasteiger partial charge < -0.3 is 19.4 Å². The first-order valence-corrected chi connectivity index (χ1v) is 10.5. The van der Waals surface area contributed by atoms with Crippen LogP contribution in [-0.4, -0.2) is 36.6 Å². The second kappa shape index (κ2) is 8.46. The van der Waals surface area contributed by atoms with Gasteiger partial charge in [-0.05, 0) is 61.2 Å². The van der Waals surface area contributed by atoms with Crippen LogP contribution in [0.2, 0.25) is 0 Å². The first-order chi connectivity index (χ1) is 15.7. The number of ether oxygens (including phenoxy) is 2. The van der Waals surface area contributed by atoms with Crippen molar-refractivity contribution in [3.63, 3.8) is 0 Å². The lowest BCUT2D eigenvalue weighted by Gasteiger charge is -2.29. The van der Waals surface area contributed by atoms with E-state index in [0.717, 1.165) is 23.3 Å². The molecule has 1 N–H and O–H groups in total. The predicted molar refractivity (Wildman–Crippen MR) is 117 cm³/mol. The smallest absolute Gasteiger partial charge is 0.416 e. The van der Waals surface area contributed by atoms with E-state index in [1.807, 2.05) is 12.1 Å². The molecule has 0 bridgehead atoms. The minimum absolute atomic E-state index is 0.176. The van der Waals surface area contributed by atoms with Gasteiger partial charge in [0.05, 0.1) is 25.8 Å². The molecule has 9 heteroatoms. The normalized spacial score (nSPS) is 15.4. The van der Waals surface area contributed by atoms with Crippen molar-refractivity contribution in [1.82, 2.24) is 9.88 Å². The number of methoxy groups -OCH3 is 2. The van der Waals surface area contributed by atoms with Gasteiger partial charge in [0, 0.05) is 23.6 Å². The molecule has 2 aromatic carbocycles. The number of pyridine rings is 1. The van der Waals surface area contributed by atoms with E-state index in [1.54, 1.807) is 18.9 Å². The number of nitrogens with zero attached hydrogens (tertiary/aromatic N) is 1. The number of benzene rings is 2. The van der Waals surface area contributed by atoms with Gasteiger partial charge in [-0.1, -0.05) is 0 Å². The number of amides is 1. The molecule has 1 aromatic heterocycles. The highest BCUT2D eigenvalue weighted by atomic mass is 19.4. The van der Waals surface area contributed by atoms with E-state index < -0.39 is 23.1 Å². The number of fused-ring (bicyclic) bond motifs is 2. The quantitative estimate of drug-likeness (QED) is 0.599. The summed E-state index contributed by atoms with van der Waals surface area (Å²) in [6.45, 7) is 2.12. The Kier molecular flexibility index (Phi) is 5.82. The van der Waals surface area contributed by atoms with Gasteiger partial charge >= 0.3 is 6.18 Å². The Bertz CT molecular complexity index is 1280. The molecule has 174 valence electrons. The zero-order valence-corrected chi connectivity index (χ0v) is 18.4. The second-order valence-electron chi connectivity index (χ2n) is 7.84. The summed E-state index contributed by atoms with van der Waals surface area (Å²) in [5, 5.41) is -0.176. The lowest BCUT2D eigenvalue weighted by atomic mass is 10.0. The second-order valence-corrected chi connectivity index (χ2v) is 7.84. The monoisotopic (exact) mass is 460 g/mol. The largest absolute Gasteiger partial charge is 0.493 e. The summed E-state index contributed by atoms with van der Waals surface area (Å²) in [5.41, 5.74) is 0.283. The number of aromatic nitrogens is 1. The van der Waals surface area contributed by atoms with Crippen LogP contribution in [0.3, 0.4) is 0 Å². The maximum absolute atomic E-state index is 13.4. The zero-order chi connectivity index (χ0) is 23.9. The van der Waals surface area contributed by atoms with Crippen LogP contribution in [0.4, 0.5) is 13.2 Å². The molecular formula is C24H23F3N2O4. The van der Waals surface area contributed by atoms with Gasteiger partial charge in [-0.25, -0.2) is 0 Å². The van der Waals surface area contributed by atoms with Crippen LogP contribution in [0.25, 0.3) is 10.9 Å². The van der Waals surface area contributed by atoms with Crippen molar-refractivity contribution in [3.8, 4) is 11.5 Å². The van der Waals surface area contributed by atoms with E-state index in [2.05, 4.69) is 4.98 Å². The molecular weight excluding hydrogens is 437 g/mol. The third-order valence-corrected chi connectivity index (χ3v) is 6.11. The fourth-order valence-electron chi connectivity index (χ4n) is 4.45. The van der Waals surface area contributed by atoms with Crippen LogP contribution in [-0.2, 0) is 12.6 Å². The molecule has 0 aliphatic heterocycles. The van der Waals surface area contributed by atoms with Crippen LogP contribution in [0.5, 0.6) is 11.5 Å². The van der Waals surface area contributed by atoms with E-state index in [9.17, 15) is 22.8 Å². The number of carbonyl (C=O) groups is 1. The standard InChI is InChI=1S/C24H23F3N2O4/c1-4-29(19-8-5-13-9-20(32-2)21(33-3)11-15(13)19)23(31)17-12-28-18-7-6-14(24(25,26)27)10-16(18)22(17)30/h6-7,9-12,19H,4-5,8H2,1-3H3,(H,28,30). The number of hydrogen-bond acceptors (Lipinski definition) is 4. The fourth-order valence-corrected chi connectivity index (χ4v) is 4.45. The molecule has 0 radical (unpaired) electrons. The molecule has 1 atom stereocenters. The number of hydrogen-bond donors (Lipinski definition) is 1. The molecule has 4 rings (SSSR count). The molecule has 0 fully saturated rings. The molecule has 1 aliphatic rings. The van der Waals surface area contributed by atoms with Gasteiger partial charge in [-0.2, -0.15) is 13.2 Å². The van der Waals surface area contributed by atoms with Gasteiger partial charge in [-0.3, -0.25) is 9.59 Å². The van der Waals surface area contributed by atoms with Crippen LogP contribution in [0, 0.1) is 0 Å². The van der Waals surface area contributed by atoms with Gasteiger partial charge in [0.1, 0.15) is 5.56 Å². The molecule has 0 spiro atoms. The molecule has 1 aliphatic carbocycles. The lowest BCUT2D eigenvalue weighted by Crippen LogP contribution is -2.36. The zero-order valence-electron chi connectivity index (χ0n) is 18.4. The highest BCUT2D eigenvalue weighted by molar-refractivity contribution is 5.97. The van der Waals surface area contributed by atoms with E-state index in [-0.39, 0.29) is 22.5 Å². The summed E-state index contributed by atoms with van der Waals surface area (Å²) in [6.07, 6.45) is -1.96. The van der Waals surface area contributed by atoms with Crippen molar-refractivity contribution in [1.29, 1.82) is 0 Å². The third-order valence-electron chi connectivity index (χ3n) is 6.11. The Morgan fingerprint density at radius 2 is 1.85 bits per heavy atom. The van der Waals surface area contributed by atoms with Crippen molar-refractivity contribution in [2.75, 3.05) is 20.8 Å². The Morgan fingerprint density at radius 1 is 1.15 bits per heavy atom. The van der Waals surface area contributed by atoms with Gasteiger partial charge in [0.2, 0.25) is 5.43 Å². The van der Waals surface area contributed by atoms with Crippen LogP contribution in [0.15, 0.2) is 41.3 Å². The topological polar surface area (TPSA) is 71.6 Å². The maximum atomic E-state index is 13.4. The summed E-state index contributed by atoms with van der Waals surface area (Å²) >= 11 is 0. The fraction of sp³-hybridized carbons (Fsp3) is 0.333. The number of H-pyrrole nitrogens is 1. The van der Waals surface area contributed by atoms with Gasteiger partial charge in [0.15, 0.2) is 11.5 Å². The van der Waals surface area contributed by atoms with E-state index in [4.69, 9.17) is 9.47 Å². The first-order valence-electron chi connectivity index (χ1n) is 10.5. The highest BCUT2D eigenvalue weighted by Crippen LogP contribution is 2.42. The van der Waals surface area contributed by atoms with E-state index in [0.29, 0.717) is 30.9 Å². The molecule has 0 saturated heterocycles. The van der Waals surface area contributed by atoms with Gasteiger partial charge in [0.25, 0.3) is 5.91 Å². The number of alkyl halides is 3. The molecule has 1 unspecified atom stereocenters. The Balaban J connectivity index is 1.75. The van der Waals surface area contributed by atoms with Crippen LogP contribution >= 0.6 is 0 Å². The highest BCUT2D eigenvalue weighted by Gasteiger charge is 2.34. The third kappa shape index (κ3) is 3.92. The first kappa shape index (κ1) is 22.7. The van der Waals surface area contributed by atoms with E-state index in [1.165, 1.54) is 19.4 Å². The van der Waals surface area contributed by atoms with Crippen molar-refractivity contribution in [3.05, 3.63) is 69.0 Å². The minimum Gasteiger partial charge on any atom is -0.493 e. The summed E-state index contributed by atoms with van der Waals surface area (Å²) in [5.74, 6) is 0.596. The van der Waals surface area contributed by atoms with Crippen molar-refractivity contribution in [2.45, 2.75) is 32.0 Å². The number of aryl methyl sites for hydroxylation is 1. The summed E-state index contributed by atoms with van der Waals surface area (Å²) in [7, 11) is 3.08. The number of rotatable bonds is 5. The Hall–Kier alpha value is -3.49. The number of nitrogens with one attached hydrogen (secondary N) is 1. The molecule has 1 heterocycles. The number of halogens is 3. The van der Waals surface area contributed by atoms with Crippen molar-refractivity contribution < 1.29 is 27.4 Å². The summed E-state index contributed by atoms with van der Waals surface area (Å²) in [4.78, 5) is 30.8.